The van der Waals surface area contributed by atoms with E-state index in [1.54, 1.807) is 0 Å². The number of allylic oxidation sites excluding steroid dienone is 4. The zero-order valence-electron chi connectivity index (χ0n) is 36.6. The summed E-state index contributed by atoms with van der Waals surface area (Å²) in [5.74, 6) is -1.11. The molecule has 0 amide bonds. The summed E-state index contributed by atoms with van der Waals surface area (Å²) in [6.07, 6.45) is 25.2. The molecule has 346 valence electrons. The number of aliphatic hydroxyl groups excluding tert-OH is 5. The lowest BCUT2D eigenvalue weighted by Gasteiger charge is -2.41. The highest BCUT2D eigenvalue weighted by Crippen LogP contribution is 2.47. The fourth-order valence-corrected chi connectivity index (χ4v) is 7.95. The molecular formula is C45H83O13P. The predicted octanol–water partition coefficient (Wildman–Crippen LogP) is 8.84. The zero-order valence-corrected chi connectivity index (χ0v) is 37.4. The van der Waals surface area contributed by atoms with Crippen molar-refractivity contribution in [2.75, 3.05) is 13.2 Å². The average Bonchev–Trinajstić information content (AvgIpc) is 3.21. The Hall–Kier alpha value is -1.67. The molecule has 1 aliphatic carbocycles. The van der Waals surface area contributed by atoms with Gasteiger partial charge in [0.05, 0.1) is 6.61 Å². The fraction of sp³-hybridized carbons (Fsp3) is 0.867. The predicted molar refractivity (Wildman–Crippen MR) is 230 cm³/mol. The molecule has 1 aliphatic rings. The Labute approximate surface area is 356 Å². The van der Waals surface area contributed by atoms with Crippen molar-refractivity contribution in [3.63, 3.8) is 0 Å². The van der Waals surface area contributed by atoms with Crippen LogP contribution in [0, 0.1) is 0 Å². The highest BCUT2D eigenvalue weighted by Gasteiger charge is 2.51. The Morgan fingerprint density at radius 1 is 0.508 bits per heavy atom. The molecule has 0 bridgehead atoms. The van der Waals surface area contributed by atoms with Crippen LogP contribution in [0.1, 0.15) is 194 Å². The number of hydrogen-bond acceptors (Lipinski definition) is 12. The van der Waals surface area contributed by atoms with Crippen LogP contribution in [0.15, 0.2) is 24.3 Å². The van der Waals surface area contributed by atoms with Crippen molar-refractivity contribution in [2.24, 2.45) is 0 Å². The van der Waals surface area contributed by atoms with E-state index in [1.807, 2.05) is 0 Å². The Morgan fingerprint density at radius 3 is 1.29 bits per heavy atom. The number of phosphoric acid groups is 1. The molecule has 1 saturated carbocycles. The zero-order chi connectivity index (χ0) is 43.6. The van der Waals surface area contributed by atoms with Crippen molar-refractivity contribution in [3.05, 3.63) is 24.3 Å². The Balaban J connectivity index is 2.47. The number of rotatable bonds is 38. The van der Waals surface area contributed by atoms with E-state index in [9.17, 15) is 44.6 Å². The number of aliphatic hydroxyl groups is 5. The van der Waals surface area contributed by atoms with Crippen LogP contribution in [-0.4, -0.2) is 98.3 Å². The van der Waals surface area contributed by atoms with E-state index >= 15 is 0 Å². The first kappa shape index (κ1) is 55.3. The van der Waals surface area contributed by atoms with Crippen LogP contribution in [0.5, 0.6) is 0 Å². The lowest BCUT2D eigenvalue weighted by Crippen LogP contribution is -2.64. The molecule has 1 fully saturated rings. The summed E-state index contributed by atoms with van der Waals surface area (Å²) in [7, 11) is -5.12. The monoisotopic (exact) mass is 863 g/mol. The van der Waals surface area contributed by atoms with Crippen molar-refractivity contribution in [3.8, 4) is 0 Å². The first-order valence-corrected chi connectivity index (χ1v) is 24.6. The van der Waals surface area contributed by atoms with Gasteiger partial charge in [-0.2, -0.15) is 0 Å². The van der Waals surface area contributed by atoms with Crippen molar-refractivity contribution in [1.29, 1.82) is 0 Å². The SMILES string of the molecule is CCCCCCCC/C=C/CCCCCCCC(=O)OC[C@H](COP(=O)(O)OC1[C@@H](O)[C@H](O)C(O)[C@H](O)[C@@H]1O)OC(=O)CCCCCCC/C=C/CCCCCCCC. The van der Waals surface area contributed by atoms with Gasteiger partial charge in [-0.15, -0.1) is 0 Å². The minimum atomic E-state index is -5.12. The lowest BCUT2D eigenvalue weighted by atomic mass is 9.85. The number of hydrogen-bond donors (Lipinski definition) is 6. The van der Waals surface area contributed by atoms with E-state index in [2.05, 4.69) is 38.2 Å². The molecule has 8 atom stereocenters. The van der Waals surface area contributed by atoms with Crippen LogP contribution in [0.25, 0.3) is 0 Å². The molecule has 0 spiro atoms. The molecule has 0 aromatic carbocycles. The van der Waals surface area contributed by atoms with E-state index in [4.69, 9.17) is 18.5 Å². The minimum absolute atomic E-state index is 0.0867. The van der Waals surface area contributed by atoms with Crippen molar-refractivity contribution in [2.45, 2.75) is 236 Å². The summed E-state index contributed by atoms with van der Waals surface area (Å²) in [4.78, 5) is 35.7. The van der Waals surface area contributed by atoms with E-state index < -0.39 is 75.7 Å². The minimum Gasteiger partial charge on any atom is -0.462 e. The van der Waals surface area contributed by atoms with E-state index in [-0.39, 0.29) is 12.8 Å². The summed E-state index contributed by atoms with van der Waals surface area (Å²) >= 11 is 0. The number of esters is 2. The molecule has 6 N–H and O–H groups in total. The number of carbonyl (C=O) groups excluding carboxylic acids is 2. The van der Waals surface area contributed by atoms with Crippen LogP contribution in [0.4, 0.5) is 0 Å². The summed E-state index contributed by atoms with van der Waals surface area (Å²) in [6.45, 7) is 3.28. The van der Waals surface area contributed by atoms with E-state index in [0.717, 1.165) is 77.0 Å². The molecular weight excluding hydrogens is 779 g/mol. The molecule has 13 nitrogen and oxygen atoms in total. The Morgan fingerprint density at radius 2 is 0.864 bits per heavy atom. The Kier molecular flexibility index (Phi) is 33.7. The lowest BCUT2D eigenvalue weighted by molar-refractivity contribution is -0.220. The number of unbranched alkanes of at least 4 members (excludes halogenated alkanes) is 22. The molecule has 0 aliphatic heterocycles. The quantitative estimate of drug-likeness (QED) is 0.0149. The third kappa shape index (κ3) is 28.5. The molecule has 3 unspecified atom stereocenters. The molecule has 1 rings (SSSR count). The molecule has 0 saturated heterocycles. The second-order valence-electron chi connectivity index (χ2n) is 16.3. The molecule has 0 heterocycles. The van der Waals surface area contributed by atoms with Gasteiger partial charge in [-0.1, -0.05) is 141 Å². The van der Waals surface area contributed by atoms with Gasteiger partial charge in [0.2, 0.25) is 0 Å². The average molecular weight is 863 g/mol. The molecule has 0 radical (unpaired) electrons. The second kappa shape index (κ2) is 35.9. The van der Waals surface area contributed by atoms with Gasteiger partial charge in [0.1, 0.15) is 43.2 Å². The van der Waals surface area contributed by atoms with Gasteiger partial charge in [0.15, 0.2) is 6.10 Å². The second-order valence-corrected chi connectivity index (χ2v) is 17.7. The van der Waals surface area contributed by atoms with Crippen molar-refractivity contribution < 1.29 is 63.1 Å². The highest BCUT2D eigenvalue weighted by molar-refractivity contribution is 7.47. The third-order valence-electron chi connectivity index (χ3n) is 10.8. The van der Waals surface area contributed by atoms with Crippen molar-refractivity contribution in [1.82, 2.24) is 0 Å². The standard InChI is InChI=1S/C45H83O13P/c1-3-5-7-9-11-13-15-17-19-21-23-25-27-29-31-33-38(46)55-35-37(36-56-59(53,54)58-45-43(51)41(49)40(48)42(50)44(45)52)57-39(47)34-32-30-28-26-24-22-20-18-16-14-12-10-8-6-4-2/h17-20,37,40-45,48-52H,3-16,21-36H2,1-2H3,(H,53,54)/b19-17+,20-18+/t37-,40?,41-,42+,43+,44+,45?/m1/s1. The van der Waals surface area contributed by atoms with E-state index in [0.29, 0.717) is 12.8 Å². The fourth-order valence-electron chi connectivity index (χ4n) is 6.98. The summed E-state index contributed by atoms with van der Waals surface area (Å²) in [6, 6.07) is 0. The molecule has 0 aromatic rings. The van der Waals surface area contributed by atoms with Crippen LogP contribution < -0.4 is 0 Å². The normalized spacial score (nSPS) is 22.5. The Bertz CT molecular complexity index is 1130. The van der Waals surface area contributed by atoms with Gasteiger partial charge < -0.3 is 39.9 Å². The van der Waals surface area contributed by atoms with Crippen LogP contribution in [0.3, 0.4) is 0 Å². The van der Waals surface area contributed by atoms with E-state index in [1.165, 1.54) is 77.0 Å². The number of carbonyl (C=O) groups is 2. The van der Waals surface area contributed by atoms with Gasteiger partial charge in [-0.25, -0.2) is 4.57 Å². The van der Waals surface area contributed by atoms with Crippen LogP contribution in [-0.2, 0) is 32.7 Å². The molecule has 59 heavy (non-hydrogen) atoms. The molecule has 14 heteroatoms. The summed E-state index contributed by atoms with van der Waals surface area (Å²) < 4.78 is 33.5. The number of ether oxygens (including phenoxy) is 2. The van der Waals surface area contributed by atoms with Gasteiger partial charge in [-0.3, -0.25) is 18.6 Å². The smallest absolute Gasteiger partial charge is 0.462 e. The van der Waals surface area contributed by atoms with Crippen molar-refractivity contribution >= 4 is 19.8 Å². The maximum absolute atomic E-state index is 12.8. The van der Waals surface area contributed by atoms with Gasteiger partial charge in [0.25, 0.3) is 0 Å². The van der Waals surface area contributed by atoms with Crippen LogP contribution in [0.2, 0.25) is 0 Å². The maximum Gasteiger partial charge on any atom is 0.472 e. The topological polar surface area (TPSA) is 210 Å². The first-order chi connectivity index (χ1) is 28.4. The molecule has 0 aromatic heterocycles. The van der Waals surface area contributed by atoms with Gasteiger partial charge in [0, 0.05) is 12.8 Å². The maximum atomic E-state index is 12.8. The van der Waals surface area contributed by atoms with Gasteiger partial charge >= 0.3 is 19.8 Å². The largest absolute Gasteiger partial charge is 0.472 e. The first-order valence-electron chi connectivity index (χ1n) is 23.1. The highest BCUT2D eigenvalue weighted by atomic mass is 31.2. The summed E-state index contributed by atoms with van der Waals surface area (Å²) in [5.41, 5.74) is 0. The number of phosphoric ester groups is 1. The van der Waals surface area contributed by atoms with Gasteiger partial charge in [-0.05, 0) is 64.2 Å². The third-order valence-corrected chi connectivity index (χ3v) is 11.8. The van der Waals surface area contributed by atoms with Crippen LogP contribution >= 0.6 is 7.82 Å². The summed E-state index contributed by atoms with van der Waals surface area (Å²) in [5, 5.41) is 50.1.